The van der Waals surface area contributed by atoms with Crippen LogP contribution in [0.5, 0.6) is 5.75 Å². The van der Waals surface area contributed by atoms with Crippen molar-refractivity contribution in [3.05, 3.63) is 102 Å². The van der Waals surface area contributed by atoms with Gasteiger partial charge in [-0.25, -0.2) is 0 Å². The van der Waals surface area contributed by atoms with Gasteiger partial charge in [0.1, 0.15) is 11.5 Å². The molecule has 3 aromatic carbocycles. The third-order valence-electron chi connectivity index (χ3n) is 4.48. The molecular formula is C22H22O3S. The van der Waals surface area contributed by atoms with E-state index in [1.165, 1.54) is 5.56 Å². The number of hydrogen-bond acceptors (Lipinski definition) is 3. The lowest BCUT2D eigenvalue weighted by Gasteiger charge is -2.26. The molecule has 0 aliphatic rings. The lowest BCUT2D eigenvalue weighted by molar-refractivity contribution is 0.484. The summed E-state index contributed by atoms with van der Waals surface area (Å²) in [5, 5.41) is 0. The first kappa shape index (κ1) is 18.2. The molecular weight excluding hydrogens is 344 g/mol. The Labute approximate surface area is 155 Å². The Morgan fingerprint density at radius 1 is 0.731 bits per heavy atom. The Morgan fingerprint density at radius 3 is 1.81 bits per heavy atom. The van der Waals surface area contributed by atoms with Crippen molar-refractivity contribution in [2.45, 2.75) is 25.0 Å². The van der Waals surface area contributed by atoms with E-state index in [1.807, 2.05) is 48.5 Å². The lowest BCUT2D eigenvalue weighted by Crippen LogP contribution is -2.18. The smallest absolute Gasteiger partial charge is 0.313 e. The van der Waals surface area contributed by atoms with Crippen LogP contribution in [0.4, 0.5) is 0 Å². The predicted molar refractivity (Wildman–Crippen MR) is 105 cm³/mol. The van der Waals surface area contributed by atoms with Crippen molar-refractivity contribution in [1.82, 2.24) is 0 Å². The van der Waals surface area contributed by atoms with E-state index in [-0.39, 0.29) is 11.2 Å². The van der Waals surface area contributed by atoms with Crippen LogP contribution < -0.4 is 4.18 Å². The van der Waals surface area contributed by atoms with Crippen LogP contribution in [0.1, 0.15) is 30.5 Å². The monoisotopic (exact) mass is 366 g/mol. The van der Waals surface area contributed by atoms with Crippen molar-refractivity contribution in [3.63, 3.8) is 0 Å². The highest BCUT2D eigenvalue weighted by molar-refractivity contribution is 7.86. The van der Waals surface area contributed by atoms with Gasteiger partial charge in [-0.15, -0.1) is 0 Å². The standard InChI is InChI=1S/C22H22O3S/c1-22(2,19-11-7-4-8-12-19)20-13-15-21(16-14-20)25-26(23,24)17-18-9-5-3-6-10-18/h3-16H,17H2,1-2H3. The van der Waals surface area contributed by atoms with Gasteiger partial charge >= 0.3 is 10.1 Å². The van der Waals surface area contributed by atoms with Crippen LogP contribution in [0, 0.1) is 0 Å². The van der Waals surface area contributed by atoms with Crippen LogP contribution in [0.3, 0.4) is 0 Å². The van der Waals surface area contributed by atoms with Crippen LogP contribution in [0.25, 0.3) is 0 Å². The topological polar surface area (TPSA) is 43.4 Å². The van der Waals surface area contributed by atoms with Crippen LogP contribution in [-0.4, -0.2) is 8.42 Å². The van der Waals surface area contributed by atoms with Gasteiger partial charge < -0.3 is 4.18 Å². The fourth-order valence-electron chi connectivity index (χ4n) is 2.90. The van der Waals surface area contributed by atoms with Crippen molar-refractivity contribution in [2.24, 2.45) is 0 Å². The maximum Gasteiger partial charge on any atom is 0.313 e. The second-order valence-electron chi connectivity index (χ2n) is 6.79. The van der Waals surface area contributed by atoms with Crippen LogP contribution in [0.2, 0.25) is 0 Å². The first-order valence-electron chi connectivity index (χ1n) is 8.49. The van der Waals surface area contributed by atoms with Gasteiger partial charge in [0, 0.05) is 5.41 Å². The highest BCUT2D eigenvalue weighted by atomic mass is 32.2. The van der Waals surface area contributed by atoms with Gasteiger partial charge in [-0.05, 0) is 28.8 Å². The third kappa shape index (κ3) is 4.33. The Kier molecular flexibility index (Phi) is 5.14. The van der Waals surface area contributed by atoms with E-state index in [0.717, 1.165) is 5.56 Å². The molecule has 3 aromatic rings. The fraction of sp³-hybridized carbons (Fsp3) is 0.182. The molecule has 0 amide bonds. The van der Waals surface area contributed by atoms with Crippen molar-refractivity contribution in [3.8, 4) is 5.75 Å². The molecule has 0 spiro atoms. The van der Waals surface area contributed by atoms with Crippen LogP contribution in [0.15, 0.2) is 84.9 Å². The molecule has 0 saturated heterocycles. The summed E-state index contributed by atoms with van der Waals surface area (Å²) in [5.74, 6) is 0.180. The van der Waals surface area contributed by atoms with Crippen LogP contribution >= 0.6 is 0 Å². The summed E-state index contributed by atoms with van der Waals surface area (Å²) < 4.78 is 29.8. The SMILES string of the molecule is CC(C)(c1ccccc1)c1ccc(OS(=O)(=O)Cc2ccccc2)cc1. The minimum Gasteiger partial charge on any atom is -0.382 e. The van der Waals surface area contributed by atoms with Crippen molar-refractivity contribution in [1.29, 1.82) is 0 Å². The van der Waals surface area contributed by atoms with E-state index >= 15 is 0 Å². The zero-order chi connectivity index (χ0) is 18.6. The van der Waals surface area contributed by atoms with Gasteiger partial charge in [0.25, 0.3) is 0 Å². The molecule has 0 radical (unpaired) electrons. The highest BCUT2D eigenvalue weighted by Gasteiger charge is 2.23. The molecule has 26 heavy (non-hydrogen) atoms. The molecule has 0 heterocycles. The van der Waals surface area contributed by atoms with Gasteiger partial charge in [0.05, 0.1) is 0 Å². The van der Waals surface area contributed by atoms with E-state index in [0.29, 0.717) is 11.3 Å². The molecule has 0 aliphatic carbocycles. The summed E-state index contributed by atoms with van der Waals surface area (Å²) in [4.78, 5) is 0. The summed E-state index contributed by atoms with van der Waals surface area (Å²) >= 11 is 0. The zero-order valence-corrected chi connectivity index (χ0v) is 15.7. The van der Waals surface area contributed by atoms with Gasteiger partial charge in [-0.2, -0.15) is 8.42 Å². The first-order chi connectivity index (χ1) is 12.4. The third-order valence-corrected chi connectivity index (χ3v) is 5.61. The van der Waals surface area contributed by atoms with Crippen molar-refractivity contribution in [2.75, 3.05) is 0 Å². The van der Waals surface area contributed by atoms with Crippen molar-refractivity contribution >= 4 is 10.1 Å². The molecule has 0 N–H and O–H groups in total. The fourth-order valence-corrected chi connectivity index (χ4v) is 3.97. The Morgan fingerprint density at radius 2 is 1.23 bits per heavy atom. The average molecular weight is 366 g/mol. The van der Waals surface area contributed by atoms with Crippen molar-refractivity contribution < 1.29 is 12.6 Å². The Balaban J connectivity index is 1.75. The molecule has 0 unspecified atom stereocenters. The number of benzene rings is 3. The summed E-state index contributed by atoms with van der Waals surface area (Å²) in [6.45, 7) is 4.29. The van der Waals surface area contributed by atoms with Crippen LogP contribution in [-0.2, 0) is 21.3 Å². The van der Waals surface area contributed by atoms with E-state index in [4.69, 9.17) is 4.18 Å². The lowest BCUT2D eigenvalue weighted by atomic mass is 9.78. The number of hydrogen-bond donors (Lipinski definition) is 0. The maximum atomic E-state index is 12.3. The average Bonchev–Trinajstić information content (AvgIpc) is 2.63. The van der Waals surface area contributed by atoms with E-state index in [1.54, 1.807) is 24.3 Å². The molecule has 0 fully saturated rings. The van der Waals surface area contributed by atoms with E-state index < -0.39 is 10.1 Å². The second-order valence-corrected chi connectivity index (χ2v) is 8.36. The molecule has 0 atom stereocenters. The maximum absolute atomic E-state index is 12.3. The molecule has 0 saturated carbocycles. The largest absolute Gasteiger partial charge is 0.382 e. The summed E-state index contributed by atoms with van der Waals surface area (Å²) in [7, 11) is -3.69. The summed E-state index contributed by atoms with van der Waals surface area (Å²) in [6, 6.07) is 26.5. The van der Waals surface area contributed by atoms with E-state index in [2.05, 4.69) is 26.0 Å². The van der Waals surface area contributed by atoms with Gasteiger partial charge in [0.2, 0.25) is 0 Å². The first-order valence-corrected chi connectivity index (χ1v) is 10.1. The summed E-state index contributed by atoms with van der Waals surface area (Å²) in [5.41, 5.74) is 2.82. The normalized spacial score (nSPS) is 11.9. The Bertz CT molecular complexity index is 945. The zero-order valence-electron chi connectivity index (χ0n) is 14.9. The molecule has 0 aliphatic heterocycles. The summed E-state index contributed by atoms with van der Waals surface area (Å²) in [6.07, 6.45) is 0. The molecule has 3 rings (SSSR count). The van der Waals surface area contributed by atoms with Gasteiger partial charge in [-0.3, -0.25) is 0 Å². The van der Waals surface area contributed by atoms with E-state index in [9.17, 15) is 8.42 Å². The predicted octanol–water partition coefficient (Wildman–Crippen LogP) is 4.92. The highest BCUT2D eigenvalue weighted by Crippen LogP contribution is 2.32. The van der Waals surface area contributed by atoms with Gasteiger partial charge in [-0.1, -0.05) is 86.6 Å². The minimum absolute atomic E-state index is 0.148. The molecule has 0 aromatic heterocycles. The minimum atomic E-state index is -3.69. The molecule has 134 valence electrons. The number of rotatable bonds is 6. The quantitative estimate of drug-likeness (QED) is 0.582. The second kappa shape index (κ2) is 7.34. The molecule has 3 nitrogen and oxygen atoms in total. The Hall–Kier alpha value is -2.59. The molecule has 0 bridgehead atoms. The molecule has 4 heteroatoms. The van der Waals surface area contributed by atoms with Gasteiger partial charge in [0.15, 0.2) is 0 Å².